The molecule has 0 radical (unpaired) electrons. The van der Waals surface area contributed by atoms with Crippen LogP contribution in [-0.2, 0) is 19.8 Å². The van der Waals surface area contributed by atoms with Crippen LogP contribution in [0.4, 0.5) is 18.9 Å². The average molecular weight is 490 g/mol. The van der Waals surface area contributed by atoms with Gasteiger partial charge in [-0.05, 0) is 36.8 Å². The lowest BCUT2D eigenvalue weighted by molar-refractivity contribution is -0.137. The monoisotopic (exact) mass is 490 g/mol. The van der Waals surface area contributed by atoms with Gasteiger partial charge >= 0.3 is 6.18 Å². The van der Waals surface area contributed by atoms with E-state index in [1.807, 2.05) is 38.2 Å². The number of aryl methyl sites for hydroxylation is 1. The number of alkyl halides is 3. The second kappa shape index (κ2) is 8.95. The van der Waals surface area contributed by atoms with Gasteiger partial charge in [-0.2, -0.15) is 23.4 Å². The van der Waals surface area contributed by atoms with Crippen molar-refractivity contribution >= 4 is 22.5 Å². The van der Waals surface area contributed by atoms with Crippen molar-refractivity contribution in [3.05, 3.63) is 95.6 Å². The molecule has 10 heteroatoms. The number of amides is 1. The number of carbonyl (C=O) groups is 1. The van der Waals surface area contributed by atoms with Gasteiger partial charge in [-0.1, -0.05) is 30.3 Å². The van der Waals surface area contributed by atoms with Crippen LogP contribution < -0.4 is 5.32 Å². The van der Waals surface area contributed by atoms with Gasteiger partial charge in [-0.3, -0.25) is 14.2 Å². The summed E-state index contributed by atoms with van der Waals surface area (Å²) < 4.78 is 42.2. The van der Waals surface area contributed by atoms with Crippen LogP contribution in [0.25, 0.3) is 22.2 Å². The van der Waals surface area contributed by atoms with E-state index in [0.717, 1.165) is 23.4 Å². The fourth-order valence-electron chi connectivity index (χ4n) is 4.00. The van der Waals surface area contributed by atoms with E-state index in [1.54, 1.807) is 29.2 Å². The van der Waals surface area contributed by atoms with Crippen LogP contribution in [0, 0.1) is 6.92 Å². The summed E-state index contributed by atoms with van der Waals surface area (Å²) in [6.45, 7) is 2.06. The number of para-hydroxylation sites is 1. The van der Waals surface area contributed by atoms with Crippen molar-refractivity contribution in [3.8, 4) is 11.3 Å². The number of fused-ring (bicyclic) bond motifs is 1. The van der Waals surface area contributed by atoms with Gasteiger partial charge in [0.2, 0.25) is 0 Å². The maximum Gasteiger partial charge on any atom is 0.416 e. The van der Waals surface area contributed by atoms with Crippen molar-refractivity contribution in [2.75, 3.05) is 5.32 Å². The fourth-order valence-corrected chi connectivity index (χ4v) is 4.00. The fraction of sp³-hybridized carbons (Fsp3) is 0.154. The number of halogens is 3. The Bertz CT molecular complexity index is 1580. The van der Waals surface area contributed by atoms with Crippen molar-refractivity contribution in [2.24, 2.45) is 7.05 Å². The Balaban J connectivity index is 1.41. The van der Waals surface area contributed by atoms with Crippen LogP contribution in [-0.4, -0.2) is 30.5 Å². The molecule has 3 heterocycles. The van der Waals surface area contributed by atoms with Gasteiger partial charge in [0.15, 0.2) is 0 Å². The van der Waals surface area contributed by atoms with E-state index in [4.69, 9.17) is 4.98 Å². The number of anilines is 1. The quantitative estimate of drug-likeness (QED) is 0.355. The van der Waals surface area contributed by atoms with Crippen molar-refractivity contribution in [1.82, 2.24) is 24.5 Å². The number of hydrogen-bond acceptors (Lipinski definition) is 4. The van der Waals surface area contributed by atoms with Gasteiger partial charge in [0.1, 0.15) is 0 Å². The summed E-state index contributed by atoms with van der Waals surface area (Å²) >= 11 is 0. The molecule has 0 bridgehead atoms. The second-order valence-electron chi connectivity index (χ2n) is 8.42. The first kappa shape index (κ1) is 23.3. The average Bonchev–Trinajstić information content (AvgIpc) is 3.43. The molecule has 0 spiro atoms. The number of nitrogens with one attached hydrogen (secondary N) is 1. The number of carbonyl (C=O) groups excluding carboxylic acids is 1. The normalized spacial score (nSPS) is 11.7. The van der Waals surface area contributed by atoms with Crippen molar-refractivity contribution in [3.63, 3.8) is 0 Å². The van der Waals surface area contributed by atoms with Crippen LogP contribution >= 0.6 is 0 Å². The third kappa shape index (κ3) is 4.57. The second-order valence-corrected chi connectivity index (χ2v) is 8.42. The number of nitrogens with zero attached hydrogens (tertiary/aromatic N) is 5. The Kier molecular flexibility index (Phi) is 5.79. The highest BCUT2D eigenvalue weighted by Gasteiger charge is 2.30. The van der Waals surface area contributed by atoms with Crippen LogP contribution in [0.1, 0.15) is 27.2 Å². The highest BCUT2D eigenvalue weighted by Crippen LogP contribution is 2.30. The molecule has 5 rings (SSSR count). The largest absolute Gasteiger partial charge is 0.416 e. The van der Waals surface area contributed by atoms with Gasteiger partial charge in [0, 0.05) is 29.9 Å². The van der Waals surface area contributed by atoms with Crippen LogP contribution in [0.5, 0.6) is 0 Å². The van der Waals surface area contributed by atoms with Gasteiger partial charge in [-0.15, -0.1) is 0 Å². The minimum atomic E-state index is -4.42. The summed E-state index contributed by atoms with van der Waals surface area (Å²) in [6, 6.07) is 14.2. The molecule has 36 heavy (non-hydrogen) atoms. The Morgan fingerprint density at radius 2 is 1.83 bits per heavy atom. The lowest BCUT2D eigenvalue weighted by Gasteiger charge is -2.10. The molecule has 5 aromatic rings. The zero-order chi connectivity index (χ0) is 25.4. The molecule has 0 aliphatic heterocycles. The third-order valence-corrected chi connectivity index (χ3v) is 5.96. The lowest BCUT2D eigenvalue weighted by Crippen LogP contribution is -2.13. The molecule has 1 amide bonds. The van der Waals surface area contributed by atoms with E-state index >= 15 is 0 Å². The summed E-state index contributed by atoms with van der Waals surface area (Å²) in [5.74, 6) is -0.352. The molecule has 2 aromatic carbocycles. The molecule has 0 aliphatic rings. The highest BCUT2D eigenvalue weighted by atomic mass is 19.4. The van der Waals surface area contributed by atoms with E-state index in [9.17, 15) is 18.0 Å². The summed E-state index contributed by atoms with van der Waals surface area (Å²) in [4.78, 5) is 18.0. The number of benzene rings is 2. The zero-order valence-electron chi connectivity index (χ0n) is 19.4. The van der Waals surface area contributed by atoms with Gasteiger partial charge in [-0.25, -0.2) is 4.98 Å². The van der Waals surface area contributed by atoms with Crippen molar-refractivity contribution < 1.29 is 18.0 Å². The summed E-state index contributed by atoms with van der Waals surface area (Å²) in [5, 5.41) is 12.0. The first-order chi connectivity index (χ1) is 17.2. The maximum absolute atomic E-state index is 13.3. The molecule has 0 fully saturated rings. The first-order valence-corrected chi connectivity index (χ1v) is 11.1. The minimum Gasteiger partial charge on any atom is -0.319 e. The molecule has 1 N–H and O–H groups in total. The highest BCUT2D eigenvalue weighted by molar-refractivity contribution is 6.13. The standard InChI is InChI=1S/C26H21F3N6O/c1-16-22(13-30-34(16)2)24-11-21(20-8-3-4-9-23(20)33-24)25(36)32-19-12-31-35(15-19)14-17-6-5-7-18(10-17)26(27,28)29/h3-13,15H,14H2,1-2H3,(H,32,36). The zero-order valence-corrected chi connectivity index (χ0v) is 19.4. The number of rotatable bonds is 5. The van der Waals surface area contributed by atoms with Gasteiger partial charge in [0.05, 0.1) is 47.0 Å². The minimum absolute atomic E-state index is 0.127. The molecular weight excluding hydrogens is 469 g/mol. The van der Waals surface area contributed by atoms with Gasteiger partial charge in [0.25, 0.3) is 5.91 Å². The SMILES string of the molecule is Cc1c(-c2cc(C(=O)Nc3cnn(Cc4cccc(C(F)(F)F)c4)c3)c3ccccc3n2)cnn1C. The topological polar surface area (TPSA) is 77.6 Å². The summed E-state index contributed by atoms with van der Waals surface area (Å²) in [7, 11) is 1.84. The molecular formula is C26H21F3N6O. The molecule has 7 nitrogen and oxygen atoms in total. The van der Waals surface area contributed by atoms with E-state index in [1.165, 1.54) is 16.9 Å². The molecule has 3 aromatic heterocycles. The molecule has 0 atom stereocenters. The first-order valence-electron chi connectivity index (χ1n) is 11.1. The number of pyridine rings is 1. The smallest absolute Gasteiger partial charge is 0.319 e. The molecule has 0 aliphatic carbocycles. The van der Waals surface area contributed by atoms with Crippen LogP contribution in [0.2, 0.25) is 0 Å². The molecule has 182 valence electrons. The summed E-state index contributed by atoms with van der Waals surface area (Å²) in [5.41, 5.74) is 3.63. The lowest BCUT2D eigenvalue weighted by atomic mass is 10.0. The molecule has 0 unspecified atom stereocenters. The van der Waals surface area contributed by atoms with E-state index in [-0.39, 0.29) is 12.5 Å². The van der Waals surface area contributed by atoms with E-state index in [0.29, 0.717) is 33.4 Å². The molecule has 0 saturated carbocycles. The maximum atomic E-state index is 13.3. The third-order valence-electron chi connectivity index (χ3n) is 5.96. The van der Waals surface area contributed by atoms with Gasteiger partial charge < -0.3 is 5.32 Å². The Labute approximate surface area is 204 Å². The predicted molar refractivity (Wildman–Crippen MR) is 129 cm³/mol. The summed E-state index contributed by atoms with van der Waals surface area (Å²) in [6.07, 6.45) is 0.334. The van der Waals surface area contributed by atoms with E-state index in [2.05, 4.69) is 15.5 Å². The Morgan fingerprint density at radius 3 is 2.58 bits per heavy atom. The van der Waals surface area contributed by atoms with Crippen molar-refractivity contribution in [1.29, 1.82) is 0 Å². The predicted octanol–water partition coefficient (Wildman–Crippen LogP) is 5.46. The Hall–Kier alpha value is -4.47. The molecule has 0 saturated heterocycles. The Morgan fingerprint density at radius 1 is 1.03 bits per heavy atom. The van der Waals surface area contributed by atoms with Crippen LogP contribution in [0.3, 0.4) is 0 Å². The number of aromatic nitrogens is 5. The number of hydrogen-bond donors (Lipinski definition) is 1. The van der Waals surface area contributed by atoms with Crippen LogP contribution in [0.15, 0.2) is 73.2 Å². The van der Waals surface area contributed by atoms with Crippen molar-refractivity contribution in [2.45, 2.75) is 19.6 Å². The van der Waals surface area contributed by atoms with E-state index < -0.39 is 11.7 Å².